The fourth-order valence-corrected chi connectivity index (χ4v) is 4.46. The lowest BCUT2D eigenvalue weighted by Gasteiger charge is -2.35. The molecule has 7 nitrogen and oxygen atoms in total. The molecule has 0 aromatic carbocycles. The van der Waals surface area contributed by atoms with Crippen molar-refractivity contribution in [2.75, 3.05) is 0 Å². The number of alkyl carbamates (subject to hydrolysis) is 1. The van der Waals surface area contributed by atoms with Gasteiger partial charge in [-0.2, -0.15) is 0 Å². The van der Waals surface area contributed by atoms with E-state index in [-0.39, 0.29) is 29.9 Å². The number of amides is 2. The summed E-state index contributed by atoms with van der Waals surface area (Å²) in [5.74, 6) is -0.114. The summed E-state index contributed by atoms with van der Waals surface area (Å²) in [6, 6.07) is -1.03. The molecule has 1 heterocycles. The molecule has 1 aliphatic carbocycles. The maximum absolute atomic E-state index is 13.3. The second kappa shape index (κ2) is 10.2. The van der Waals surface area contributed by atoms with Crippen molar-refractivity contribution in [1.29, 1.82) is 0 Å². The van der Waals surface area contributed by atoms with Gasteiger partial charge in [0.1, 0.15) is 17.7 Å². The Labute approximate surface area is 187 Å². The van der Waals surface area contributed by atoms with Gasteiger partial charge in [0, 0.05) is 0 Å². The molecule has 1 saturated carbocycles. The topological polar surface area (TPSA) is 93.7 Å². The van der Waals surface area contributed by atoms with Crippen molar-refractivity contribution in [3.8, 4) is 0 Å². The van der Waals surface area contributed by atoms with E-state index in [0.29, 0.717) is 12.3 Å². The summed E-state index contributed by atoms with van der Waals surface area (Å²) in [5, 5.41) is 5.89. The molecule has 0 radical (unpaired) electrons. The molecule has 2 amide bonds. The third-order valence-corrected chi connectivity index (χ3v) is 6.13. The SMILES string of the molecule is C[C@@H]1C[C@@H]([C@H](CC2CCCCC2)NC(=O)[C@@H](NC(=O)OC(C)(C)C)C(C)(C)C)OC1=O. The van der Waals surface area contributed by atoms with Crippen LogP contribution in [-0.2, 0) is 19.1 Å². The van der Waals surface area contributed by atoms with E-state index in [1.165, 1.54) is 19.3 Å². The molecule has 2 N–H and O–H groups in total. The summed E-state index contributed by atoms with van der Waals surface area (Å²) in [6.45, 7) is 12.9. The average molecular weight is 439 g/mol. The van der Waals surface area contributed by atoms with Crippen LogP contribution in [0.5, 0.6) is 0 Å². The normalized spacial score (nSPS) is 24.8. The number of esters is 1. The zero-order chi connectivity index (χ0) is 23.4. The fourth-order valence-electron chi connectivity index (χ4n) is 4.46. The third-order valence-electron chi connectivity index (χ3n) is 6.13. The second-order valence-electron chi connectivity index (χ2n) is 11.4. The van der Waals surface area contributed by atoms with Crippen LogP contribution in [0.2, 0.25) is 0 Å². The molecule has 0 aromatic heterocycles. The minimum atomic E-state index is -0.772. The number of cyclic esters (lactones) is 1. The van der Waals surface area contributed by atoms with E-state index in [9.17, 15) is 14.4 Å². The van der Waals surface area contributed by atoms with E-state index in [2.05, 4.69) is 10.6 Å². The fraction of sp³-hybridized carbons (Fsp3) is 0.875. The lowest BCUT2D eigenvalue weighted by molar-refractivity contribution is -0.146. The van der Waals surface area contributed by atoms with Crippen molar-refractivity contribution < 1.29 is 23.9 Å². The number of carbonyl (C=O) groups excluding carboxylic acids is 3. The predicted molar refractivity (Wildman–Crippen MR) is 119 cm³/mol. The van der Waals surface area contributed by atoms with Crippen LogP contribution in [0.3, 0.4) is 0 Å². The Morgan fingerprint density at radius 1 is 1.06 bits per heavy atom. The van der Waals surface area contributed by atoms with Crippen LogP contribution in [-0.4, -0.2) is 41.8 Å². The number of carbonyl (C=O) groups is 3. The highest BCUT2D eigenvalue weighted by Gasteiger charge is 2.41. The Morgan fingerprint density at radius 2 is 1.68 bits per heavy atom. The molecular weight excluding hydrogens is 396 g/mol. The van der Waals surface area contributed by atoms with Crippen molar-refractivity contribution in [3.05, 3.63) is 0 Å². The van der Waals surface area contributed by atoms with Gasteiger partial charge in [0.15, 0.2) is 0 Å². The summed E-state index contributed by atoms with van der Waals surface area (Å²) >= 11 is 0. The van der Waals surface area contributed by atoms with Crippen molar-refractivity contribution in [2.45, 2.75) is 117 Å². The zero-order valence-corrected chi connectivity index (χ0v) is 20.4. The highest BCUT2D eigenvalue weighted by molar-refractivity contribution is 5.86. The minimum absolute atomic E-state index is 0.158. The monoisotopic (exact) mass is 438 g/mol. The second-order valence-corrected chi connectivity index (χ2v) is 11.4. The van der Waals surface area contributed by atoms with Crippen LogP contribution >= 0.6 is 0 Å². The molecule has 178 valence electrons. The maximum Gasteiger partial charge on any atom is 0.408 e. The van der Waals surface area contributed by atoms with E-state index in [4.69, 9.17) is 9.47 Å². The van der Waals surface area contributed by atoms with Crippen LogP contribution in [0.4, 0.5) is 4.79 Å². The number of hydrogen-bond donors (Lipinski definition) is 2. The summed E-state index contributed by atoms with van der Waals surface area (Å²) in [6.07, 6.45) is 6.41. The number of nitrogens with one attached hydrogen (secondary N) is 2. The lowest BCUT2D eigenvalue weighted by Crippen LogP contribution is -2.57. The average Bonchev–Trinajstić information content (AvgIpc) is 2.96. The zero-order valence-electron chi connectivity index (χ0n) is 20.4. The van der Waals surface area contributed by atoms with Crippen molar-refractivity contribution in [1.82, 2.24) is 10.6 Å². The number of rotatable bonds is 6. The largest absolute Gasteiger partial charge is 0.460 e. The van der Waals surface area contributed by atoms with Gasteiger partial charge in [-0.3, -0.25) is 9.59 Å². The molecule has 31 heavy (non-hydrogen) atoms. The number of hydrogen-bond acceptors (Lipinski definition) is 5. The smallest absolute Gasteiger partial charge is 0.408 e. The lowest BCUT2D eigenvalue weighted by atomic mass is 9.82. The molecule has 2 rings (SSSR count). The molecule has 0 spiro atoms. The van der Waals surface area contributed by atoms with Crippen molar-refractivity contribution >= 4 is 18.0 Å². The van der Waals surface area contributed by atoms with Crippen molar-refractivity contribution in [2.24, 2.45) is 17.3 Å². The molecule has 2 fully saturated rings. The standard InChI is InChI=1S/C24H42N2O5/c1-15-13-18(30-21(15)28)17(14-16-11-9-8-10-12-16)25-20(27)19(23(2,3)4)26-22(29)31-24(5,6)7/h15-19H,8-14H2,1-7H3,(H,25,27)(H,26,29)/t15-,17+,18+,19-/m1/s1. The van der Waals surface area contributed by atoms with E-state index in [1.807, 2.05) is 27.7 Å². The maximum atomic E-state index is 13.3. The van der Waals surface area contributed by atoms with E-state index in [1.54, 1.807) is 20.8 Å². The van der Waals surface area contributed by atoms with Crippen LogP contribution in [0, 0.1) is 17.3 Å². The highest BCUT2D eigenvalue weighted by Crippen LogP contribution is 2.32. The Bertz CT molecular complexity index is 643. The van der Waals surface area contributed by atoms with Gasteiger partial charge in [-0.15, -0.1) is 0 Å². The Kier molecular flexibility index (Phi) is 8.40. The van der Waals surface area contributed by atoms with E-state index >= 15 is 0 Å². The van der Waals surface area contributed by atoms with Gasteiger partial charge in [0.25, 0.3) is 0 Å². The van der Waals surface area contributed by atoms with Gasteiger partial charge >= 0.3 is 12.1 Å². The minimum Gasteiger partial charge on any atom is -0.460 e. The molecule has 2 aliphatic rings. The number of ether oxygens (including phenoxy) is 2. The molecule has 1 aliphatic heterocycles. The highest BCUT2D eigenvalue weighted by atomic mass is 16.6. The van der Waals surface area contributed by atoms with Crippen LogP contribution in [0.1, 0.15) is 93.4 Å². The van der Waals surface area contributed by atoms with Crippen LogP contribution in [0.25, 0.3) is 0 Å². The van der Waals surface area contributed by atoms with Gasteiger partial charge in [-0.1, -0.05) is 59.8 Å². The molecule has 0 bridgehead atoms. The molecule has 0 aromatic rings. The predicted octanol–water partition coefficient (Wildman–Crippen LogP) is 4.33. The Balaban J connectivity index is 2.13. The van der Waals surface area contributed by atoms with Crippen LogP contribution < -0.4 is 10.6 Å². The third kappa shape index (κ3) is 8.00. The first-order chi connectivity index (χ1) is 14.3. The molecular formula is C24H42N2O5. The summed E-state index contributed by atoms with van der Waals surface area (Å²) in [5.41, 5.74) is -1.17. The molecule has 1 saturated heterocycles. The summed E-state index contributed by atoms with van der Waals surface area (Å²) in [7, 11) is 0. The first-order valence-corrected chi connectivity index (χ1v) is 11.8. The van der Waals surface area contributed by atoms with Gasteiger partial charge in [0.05, 0.1) is 12.0 Å². The van der Waals surface area contributed by atoms with Gasteiger partial charge in [-0.25, -0.2) is 4.79 Å². The quantitative estimate of drug-likeness (QED) is 0.602. The molecule has 0 unspecified atom stereocenters. The van der Waals surface area contributed by atoms with E-state index in [0.717, 1.165) is 19.3 Å². The van der Waals surface area contributed by atoms with E-state index < -0.39 is 23.2 Å². The van der Waals surface area contributed by atoms with Gasteiger partial charge in [-0.05, 0) is 44.9 Å². The molecule has 7 heteroatoms. The first kappa shape index (κ1) is 25.5. The van der Waals surface area contributed by atoms with Crippen LogP contribution in [0.15, 0.2) is 0 Å². The Hall–Kier alpha value is -1.79. The molecule has 4 atom stereocenters. The summed E-state index contributed by atoms with van der Waals surface area (Å²) in [4.78, 5) is 37.8. The summed E-state index contributed by atoms with van der Waals surface area (Å²) < 4.78 is 11.0. The van der Waals surface area contributed by atoms with Gasteiger partial charge < -0.3 is 20.1 Å². The first-order valence-electron chi connectivity index (χ1n) is 11.8. The van der Waals surface area contributed by atoms with Gasteiger partial charge in [0.2, 0.25) is 5.91 Å². The Morgan fingerprint density at radius 3 is 2.16 bits per heavy atom. The van der Waals surface area contributed by atoms with Crippen molar-refractivity contribution in [3.63, 3.8) is 0 Å².